The van der Waals surface area contributed by atoms with Crippen molar-refractivity contribution in [3.63, 3.8) is 0 Å². The van der Waals surface area contributed by atoms with Gasteiger partial charge in [-0.15, -0.1) is 0 Å². The van der Waals surface area contributed by atoms with Gasteiger partial charge in [0.05, 0.1) is 0 Å². The third kappa shape index (κ3) is 3.45. The lowest BCUT2D eigenvalue weighted by Gasteiger charge is -2.06. The van der Waals surface area contributed by atoms with Crippen LogP contribution in [0, 0.1) is 0 Å². The van der Waals surface area contributed by atoms with Crippen LogP contribution in [-0.4, -0.2) is 15.8 Å². The molecule has 19 heavy (non-hydrogen) atoms. The third-order valence-electron chi connectivity index (χ3n) is 2.28. The van der Waals surface area contributed by atoms with Crippen molar-refractivity contribution < 1.29 is 4.79 Å². The molecular formula is C12H11BrN4OS. The fraction of sp³-hybridized carbons (Fsp3) is 0.0833. The summed E-state index contributed by atoms with van der Waals surface area (Å²) in [5, 5.41) is 0.466. The molecule has 0 bridgehead atoms. The minimum Gasteiger partial charge on any atom is -0.383 e. The number of anilines is 2. The molecule has 2 aromatic rings. The molecular weight excluding hydrogens is 328 g/mol. The predicted molar refractivity (Wildman–Crippen MR) is 79.1 cm³/mol. The number of halogens is 1. The number of nitrogen functional groups attached to an aromatic ring is 2. The smallest absolute Gasteiger partial charge is 0.196 e. The molecule has 0 aliphatic heterocycles. The molecule has 7 heteroatoms. The Labute approximate surface area is 122 Å². The molecule has 0 unspecified atom stereocenters. The molecule has 1 heterocycles. The van der Waals surface area contributed by atoms with Crippen LogP contribution in [0.25, 0.3) is 0 Å². The number of benzene rings is 1. The first-order chi connectivity index (χ1) is 8.95. The van der Waals surface area contributed by atoms with E-state index in [0.29, 0.717) is 22.4 Å². The van der Waals surface area contributed by atoms with Crippen LogP contribution in [0.15, 0.2) is 38.8 Å². The van der Waals surface area contributed by atoms with E-state index in [4.69, 9.17) is 11.5 Å². The summed E-state index contributed by atoms with van der Waals surface area (Å²) < 4.78 is 0.801. The van der Waals surface area contributed by atoms with Gasteiger partial charge in [0.1, 0.15) is 11.6 Å². The van der Waals surface area contributed by atoms with E-state index in [1.165, 1.54) is 24.8 Å². The molecule has 0 atom stereocenters. The first-order valence-corrected chi connectivity index (χ1v) is 6.95. The summed E-state index contributed by atoms with van der Waals surface area (Å²) in [6.07, 6.45) is 0. The van der Waals surface area contributed by atoms with E-state index < -0.39 is 0 Å². The molecule has 0 radical (unpaired) electrons. The zero-order valence-electron chi connectivity index (χ0n) is 10.1. The van der Waals surface area contributed by atoms with Crippen LogP contribution < -0.4 is 11.5 Å². The van der Waals surface area contributed by atoms with Crippen LogP contribution in [-0.2, 0) is 0 Å². The second-order valence-corrected chi connectivity index (χ2v) is 5.67. The molecule has 0 aliphatic carbocycles. The maximum Gasteiger partial charge on any atom is 0.196 e. The molecule has 0 aliphatic rings. The number of nitrogens with two attached hydrogens (primary N) is 2. The van der Waals surface area contributed by atoms with Gasteiger partial charge in [0.15, 0.2) is 10.9 Å². The number of rotatable bonds is 3. The van der Waals surface area contributed by atoms with Gasteiger partial charge in [0.2, 0.25) is 0 Å². The van der Waals surface area contributed by atoms with Crippen LogP contribution >= 0.6 is 27.7 Å². The highest BCUT2D eigenvalue weighted by Gasteiger charge is 2.09. The molecule has 0 saturated heterocycles. The number of aromatic nitrogens is 2. The van der Waals surface area contributed by atoms with Crippen molar-refractivity contribution in [2.75, 3.05) is 11.5 Å². The number of ketones is 1. The van der Waals surface area contributed by atoms with E-state index in [1.54, 1.807) is 12.1 Å². The minimum absolute atomic E-state index is 0.0155. The summed E-state index contributed by atoms with van der Waals surface area (Å²) in [7, 11) is 0. The van der Waals surface area contributed by atoms with E-state index in [0.717, 1.165) is 9.37 Å². The summed E-state index contributed by atoms with van der Waals surface area (Å²) in [5.41, 5.74) is 11.9. The number of hydrogen-bond acceptors (Lipinski definition) is 6. The standard InChI is InChI=1S/C12H11BrN4OS/c1-6(18)7-2-3-9(8(13)4-7)19-12-16-10(14)5-11(15)17-12/h2-5H,1H3,(H4,14,15,16,17). The van der Waals surface area contributed by atoms with E-state index >= 15 is 0 Å². The summed E-state index contributed by atoms with van der Waals surface area (Å²) in [4.78, 5) is 20.3. The maximum absolute atomic E-state index is 11.3. The first kappa shape index (κ1) is 13.8. The van der Waals surface area contributed by atoms with E-state index in [-0.39, 0.29) is 5.78 Å². The van der Waals surface area contributed by atoms with E-state index in [1.807, 2.05) is 6.07 Å². The van der Waals surface area contributed by atoms with Gasteiger partial charge in [-0.25, -0.2) is 9.97 Å². The normalized spacial score (nSPS) is 10.4. The van der Waals surface area contributed by atoms with Gasteiger partial charge in [-0.05, 0) is 46.7 Å². The highest BCUT2D eigenvalue weighted by molar-refractivity contribution is 9.10. The maximum atomic E-state index is 11.3. The summed E-state index contributed by atoms with van der Waals surface area (Å²) >= 11 is 4.74. The lowest BCUT2D eigenvalue weighted by atomic mass is 10.2. The summed E-state index contributed by atoms with van der Waals surface area (Å²) in [6, 6.07) is 6.84. The van der Waals surface area contributed by atoms with E-state index in [2.05, 4.69) is 25.9 Å². The van der Waals surface area contributed by atoms with Gasteiger partial charge in [0, 0.05) is 21.0 Å². The van der Waals surface area contributed by atoms with Gasteiger partial charge in [-0.2, -0.15) is 0 Å². The van der Waals surface area contributed by atoms with Crippen LogP contribution in [0.3, 0.4) is 0 Å². The monoisotopic (exact) mass is 338 g/mol. The number of nitrogens with zero attached hydrogens (tertiary/aromatic N) is 2. The second kappa shape index (κ2) is 5.58. The Kier molecular flexibility index (Phi) is 4.06. The Bertz CT molecular complexity index is 627. The Morgan fingerprint density at radius 2 is 1.84 bits per heavy atom. The molecule has 1 aromatic carbocycles. The number of carbonyl (C=O) groups excluding carboxylic acids is 1. The lowest BCUT2D eigenvalue weighted by molar-refractivity contribution is 0.101. The average Bonchev–Trinajstić information content (AvgIpc) is 2.30. The number of carbonyl (C=O) groups is 1. The Hall–Kier alpha value is -1.60. The fourth-order valence-electron chi connectivity index (χ4n) is 1.41. The second-order valence-electron chi connectivity index (χ2n) is 3.80. The molecule has 0 amide bonds. The third-order valence-corrected chi connectivity index (χ3v) is 4.14. The predicted octanol–water partition coefficient (Wildman–Crippen LogP) is 2.76. The van der Waals surface area contributed by atoms with Crippen molar-refractivity contribution in [3.05, 3.63) is 34.3 Å². The molecule has 0 fully saturated rings. The fourth-order valence-corrected chi connectivity index (χ4v) is 2.82. The Morgan fingerprint density at radius 1 is 1.21 bits per heavy atom. The quantitative estimate of drug-likeness (QED) is 0.659. The Balaban J connectivity index is 2.30. The van der Waals surface area contributed by atoms with Crippen molar-refractivity contribution in [1.82, 2.24) is 9.97 Å². The Morgan fingerprint density at radius 3 is 2.37 bits per heavy atom. The highest BCUT2D eigenvalue weighted by atomic mass is 79.9. The van der Waals surface area contributed by atoms with Crippen molar-refractivity contribution >= 4 is 45.1 Å². The van der Waals surface area contributed by atoms with Crippen molar-refractivity contribution in [2.24, 2.45) is 0 Å². The van der Waals surface area contributed by atoms with Gasteiger partial charge >= 0.3 is 0 Å². The van der Waals surface area contributed by atoms with Crippen molar-refractivity contribution in [2.45, 2.75) is 17.0 Å². The van der Waals surface area contributed by atoms with Gasteiger partial charge in [-0.1, -0.05) is 6.07 Å². The molecule has 5 nitrogen and oxygen atoms in total. The zero-order valence-corrected chi connectivity index (χ0v) is 12.5. The van der Waals surface area contributed by atoms with Crippen LogP contribution in [0.4, 0.5) is 11.6 Å². The van der Waals surface area contributed by atoms with Crippen molar-refractivity contribution in [1.29, 1.82) is 0 Å². The zero-order chi connectivity index (χ0) is 14.0. The van der Waals surface area contributed by atoms with Crippen LogP contribution in [0.5, 0.6) is 0 Å². The topological polar surface area (TPSA) is 94.9 Å². The number of hydrogen-bond donors (Lipinski definition) is 2. The molecule has 98 valence electrons. The summed E-state index contributed by atoms with van der Waals surface area (Å²) in [5.74, 6) is 0.666. The van der Waals surface area contributed by atoms with Gasteiger partial charge in [0.25, 0.3) is 0 Å². The minimum atomic E-state index is 0.0155. The molecule has 1 aromatic heterocycles. The van der Waals surface area contributed by atoms with Crippen LogP contribution in [0.2, 0.25) is 0 Å². The average molecular weight is 339 g/mol. The number of Topliss-reactive ketones (excluding diaryl/α,β-unsaturated/α-hetero) is 1. The highest BCUT2D eigenvalue weighted by Crippen LogP contribution is 2.32. The largest absolute Gasteiger partial charge is 0.383 e. The molecule has 0 spiro atoms. The molecule has 2 rings (SSSR count). The van der Waals surface area contributed by atoms with Gasteiger partial charge in [-0.3, -0.25) is 4.79 Å². The summed E-state index contributed by atoms with van der Waals surface area (Å²) in [6.45, 7) is 1.52. The SMILES string of the molecule is CC(=O)c1ccc(Sc2nc(N)cc(N)n2)c(Br)c1. The van der Waals surface area contributed by atoms with Crippen LogP contribution in [0.1, 0.15) is 17.3 Å². The first-order valence-electron chi connectivity index (χ1n) is 5.34. The van der Waals surface area contributed by atoms with Gasteiger partial charge < -0.3 is 11.5 Å². The molecule has 0 saturated carbocycles. The lowest BCUT2D eigenvalue weighted by Crippen LogP contribution is -1.99. The molecule has 4 N–H and O–H groups in total. The van der Waals surface area contributed by atoms with E-state index in [9.17, 15) is 4.79 Å². The van der Waals surface area contributed by atoms with Crippen molar-refractivity contribution in [3.8, 4) is 0 Å².